The third-order valence-electron chi connectivity index (χ3n) is 4.43. The van der Waals surface area contributed by atoms with E-state index in [1.807, 2.05) is 41.3 Å². The highest BCUT2D eigenvalue weighted by Gasteiger charge is 2.27. The molecule has 3 rings (SSSR count). The SMILES string of the molecule is O=C(NCc1cccnc1)C1CCN(C(=O)c2ccc(I)cc2)CC1. The standard InChI is InChI=1S/C19H20IN3O2/c20-17-5-3-16(4-6-17)19(25)23-10-7-15(8-11-23)18(24)22-13-14-2-1-9-21-12-14/h1-6,9,12,15H,7-8,10-11,13H2,(H,22,24). The van der Waals surface area contributed by atoms with E-state index in [0.717, 1.165) is 9.13 Å². The van der Waals surface area contributed by atoms with Crippen molar-refractivity contribution >= 4 is 34.4 Å². The minimum absolute atomic E-state index is 0.0301. The van der Waals surface area contributed by atoms with Crippen LogP contribution in [0.5, 0.6) is 0 Å². The molecule has 1 aliphatic heterocycles. The van der Waals surface area contributed by atoms with E-state index in [4.69, 9.17) is 0 Å². The lowest BCUT2D eigenvalue weighted by Crippen LogP contribution is -2.42. The number of nitrogens with zero attached hydrogens (tertiary/aromatic N) is 2. The van der Waals surface area contributed by atoms with E-state index in [-0.39, 0.29) is 17.7 Å². The van der Waals surface area contributed by atoms with Crippen molar-refractivity contribution in [3.8, 4) is 0 Å². The zero-order valence-corrected chi connectivity index (χ0v) is 16.0. The molecule has 0 radical (unpaired) electrons. The van der Waals surface area contributed by atoms with Crippen LogP contribution in [0, 0.1) is 9.49 Å². The van der Waals surface area contributed by atoms with Crippen LogP contribution in [0.4, 0.5) is 0 Å². The molecule has 2 aromatic rings. The zero-order chi connectivity index (χ0) is 17.6. The van der Waals surface area contributed by atoms with Crippen molar-refractivity contribution in [1.29, 1.82) is 0 Å². The van der Waals surface area contributed by atoms with Gasteiger partial charge in [-0.1, -0.05) is 6.07 Å². The lowest BCUT2D eigenvalue weighted by atomic mass is 9.95. The summed E-state index contributed by atoms with van der Waals surface area (Å²) in [5, 5.41) is 2.97. The number of carbonyl (C=O) groups excluding carboxylic acids is 2. The molecule has 130 valence electrons. The van der Waals surface area contributed by atoms with Gasteiger partial charge in [-0.25, -0.2) is 0 Å². The number of carbonyl (C=O) groups is 2. The van der Waals surface area contributed by atoms with Gasteiger partial charge < -0.3 is 10.2 Å². The summed E-state index contributed by atoms with van der Waals surface area (Å²) in [6, 6.07) is 11.4. The highest BCUT2D eigenvalue weighted by Crippen LogP contribution is 2.20. The molecule has 1 saturated heterocycles. The Morgan fingerprint density at radius 3 is 2.52 bits per heavy atom. The van der Waals surface area contributed by atoms with Gasteiger partial charge in [0, 0.05) is 47.1 Å². The number of hydrogen-bond donors (Lipinski definition) is 1. The molecule has 2 amide bonds. The number of likely N-dealkylation sites (tertiary alicyclic amines) is 1. The lowest BCUT2D eigenvalue weighted by molar-refractivity contribution is -0.126. The van der Waals surface area contributed by atoms with Crippen molar-refractivity contribution in [2.24, 2.45) is 5.92 Å². The molecule has 5 nitrogen and oxygen atoms in total. The molecule has 1 aromatic heterocycles. The van der Waals surface area contributed by atoms with E-state index in [0.29, 0.717) is 38.0 Å². The van der Waals surface area contributed by atoms with Crippen molar-refractivity contribution in [2.45, 2.75) is 19.4 Å². The normalized spacial score (nSPS) is 15.0. The van der Waals surface area contributed by atoms with Crippen LogP contribution in [-0.2, 0) is 11.3 Å². The van der Waals surface area contributed by atoms with Crippen LogP contribution in [0.3, 0.4) is 0 Å². The smallest absolute Gasteiger partial charge is 0.253 e. The second-order valence-corrected chi connectivity index (χ2v) is 7.40. The summed E-state index contributed by atoms with van der Waals surface area (Å²) in [6.07, 6.45) is 4.87. The van der Waals surface area contributed by atoms with Gasteiger partial charge in [0.15, 0.2) is 0 Å². The van der Waals surface area contributed by atoms with Crippen molar-refractivity contribution in [1.82, 2.24) is 15.2 Å². The van der Waals surface area contributed by atoms with Gasteiger partial charge in [0.05, 0.1) is 0 Å². The van der Waals surface area contributed by atoms with E-state index in [1.165, 1.54) is 0 Å². The van der Waals surface area contributed by atoms with Crippen LogP contribution < -0.4 is 5.32 Å². The summed E-state index contributed by atoms with van der Waals surface area (Å²) in [4.78, 5) is 30.7. The Labute approximate surface area is 161 Å². The van der Waals surface area contributed by atoms with Gasteiger partial charge >= 0.3 is 0 Å². The number of hydrogen-bond acceptors (Lipinski definition) is 3. The first-order valence-electron chi connectivity index (χ1n) is 8.35. The molecular formula is C19H20IN3O2. The molecule has 2 heterocycles. The van der Waals surface area contributed by atoms with Crippen LogP contribution in [-0.4, -0.2) is 34.8 Å². The maximum absolute atomic E-state index is 12.5. The molecule has 1 aliphatic rings. The largest absolute Gasteiger partial charge is 0.352 e. The Morgan fingerprint density at radius 1 is 1.16 bits per heavy atom. The van der Waals surface area contributed by atoms with E-state index in [9.17, 15) is 9.59 Å². The first-order chi connectivity index (χ1) is 12.1. The highest BCUT2D eigenvalue weighted by molar-refractivity contribution is 14.1. The third kappa shape index (κ3) is 4.78. The van der Waals surface area contributed by atoms with Gasteiger partial charge in [-0.15, -0.1) is 0 Å². The van der Waals surface area contributed by atoms with E-state index in [1.54, 1.807) is 12.4 Å². The second kappa shape index (κ2) is 8.42. The average molecular weight is 449 g/mol. The van der Waals surface area contributed by atoms with E-state index >= 15 is 0 Å². The number of pyridine rings is 1. The molecule has 1 fully saturated rings. The van der Waals surface area contributed by atoms with Crippen molar-refractivity contribution < 1.29 is 9.59 Å². The Morgan fingerprint density at radius 2 is 1.88 bits per heavy atom. The Kier molecular flexibility index (Phi) is 6.01. The summed E-state index contributed by atoms with van der Waals surface area (Å²) in [5.41, 5.74) is 1.70. The quantitative estimate of drug-likeness (QED) is 0.731. The monoisotopic (exact) mass is 449 g/mol. The number of piperidine rings is 1. The number of nitrogens with one attached hydrogen (secondary N) is 1. The van der Waals surface area contributed by atoms with E-state index < -0.39 is 0 Å². The molecule has 0 aliphatic carbocycles. The second-order valence-electron chi connectivity index (χ2n) is 6.15. The molecular weight excluding hydrogens is 429 g/mol. The molecule has 0 atom stereocenters. The Hall–Kier alpha value is -1.96. The topological polar surface area (TPSA) is 62.3 Å². The molecule has 25 heavy (non-hydrogen) atoms. The molecule has 1 N–H and O–H groups in total. The molecule has 0 unspecified atom stereocenters. The van der Waals surface area contributed by atoms with E-state index in [2.05, 4.69) is 32.9 Å². The lowest BCUT2D eigenvalue weighted by Gasteiger charge is -2.31. The fraction of sp³-hybridized carbons (Fsp3) is 0.316. The molecule has 0 saturated carbocycles. The average Bonchev–Trinajstić information content (AvgIpc) is 2.67. The van der Waals surface area contributed by atoms with Crippen molar-refractivity contribution in [3.63, 3.8) is 0 Å². The minimum Gasteiger partial charge on any atom is -0.352 e. The summed E-state index contributed by atoms with van der Waals surface area (Å²) in [7, 11) is 0. The number of amides is 2. The maximum Gasteiger partial charge on any atom is 0.253 e. The minimum atomic E-state index is -0.0301. The number of aromatic nitrogens is 1. The highest BCUT2D eigenvalue weighted by atomic mass is 127. The number of rotatable bonds is 4. The molecule has 0 spiro atoms. The van der Waals surface area contributed by atoms with Crippen molar-refractivity contribution in [3.05, 3.63) is 63.5 Å². The van der Waals surface area contributed by atoms with Gasteiger partial charge in [-0.2, -0.15) is 0 Å². The zero-order valence-electron chi connectivity index (χ0n) is 13.8. The fourth-order valence-electron chi connectivity index (χ4n) is 2.96. The molecule has 0 bridgehead atoms. The van der Waals surface area contributed by atoms with Gasteiger partial charge in [0.1, 0.15) is 0 Å². The first-order valence-corrected chi connectivity index (χ1v) is 9.43. The predicted molar refractivity (Wildman–Crippen MR) is 104 cm³/mol. The van der Waals surface area contributed by atoms with Gasteiger partial charge in [-0.3, -0.25) is 14.6 Å². The fourth-order valence-corrected chi connectivity index (χ4v) is 3.32. The van der Waals surface area contributed by atoms with Crippen molar-refractivity contribution in [2.75, 3.05) is 13.1 Å². The summed E-state index contributed by atoms with van der Waals surface area (Å²) in [5.74, 6) is 0.0771. The Balaban J connectivity index is 1.48. The molecule has 1 aromatic carbocycles. The van der Waals surface area contributed by atoms with Gasteiger partial charge in [0.2, 0.25) is 5.91 Å². The predicted octanol–water partition coefficient (Wildman–Crippen LogP) is 2.85. The Bertz CT molecular complexity index is 726. The maximum atomic E-state index is 12.5. The van der Waals surface area contributed by atoms with Gasteiger partial charge in [0.25, 0.3) is 5.91 Å². The number of benzene rings is 1. The molecule has 6 heteroatoms. The number of halogens is 1. The van der Waals surface area contributed by atoms with Gasteiger partial charge in [-0.05, 0) is 71.3 Å². The van der Waals surface area contributed by atoms with Crippen LogP contribution in [0.25, 0.3) is 0 Å². The summed E-state index contributed by atoms with van der Waals surface area (Å²) in [6.45, 7) is 1.74. The van der Waals surface area contributed by atoms with Crippen LogP contribution >= 0.6 is 22.6 Å². The summed E-state index contributed by atoms with van der Waals surface area (Å²) >= 11 is 2.22. The summed E-state index contributed by atoms with van der Waals surface area (Å²) < 4.78 is 1.11. The first kappa shape index (κ1) is 17.8. The third-order valence-corrected chi connectivity index (χ3v) is 5.15. The van der Waals surface area contributed by atoms with Crippen LogP contribution in [0.1, 0.15) is 28.8 Å². The van der Waals surface area contributed by atoms with Crippen LogP contribution in [0.2, 0.25) is 0 Å². The van der Waals surface area contributed by atoms with Crippen LogP contribution in [0.15, 0.2) is 48.8 Å².